The van der Waals surface area contributed by atoms with Crippen molar-refractivity contribution in [3.63, 3.8) is 0 Å². The van der Waals surface area contributed by atoms with Crippen molar-refractivity contribution in [1.29, 1.82) is 0 Å². The van der Waals surface area contributed by atoms with Gasteiger partial charge in [-0.2, -0.15) is 4.98 Å². The summed E-state index contributed by atoms with van der Waals surface area (Å²) >= 11 is 0. The van der Waals surface area contributed by atoms with E-state index in [2.05, 4.69) is 52.3 Å². The minimum absolute atomic E-state index is 0.129. The van der Waals surface area contributed by atoms with E-state index >= 15 is 0 Å². The molecule has 2 aliphatic rings. The van der Waals surface area contributed by atoms with Crippen molar-refractivity contribution in [3.05, 3.63) is 77.2 Å². The van der Waals surface area contributed by atoms with Crippen molar-refractivity contribution in [2.24, 2.45) is 0 Å². The first-order valence-corrected chi connectivity index (χ1v) is 11.9. The van der Waals surface area contributed by atoms with Crippen LogP contribution in [0.25, 0.3) is 0 Å². The molecule has 5 rings (SSSR count). The predicted molar refractivity (Wildman–Crippen MR) is 122 cm³/mol. The van der Waals surface area contributed by atoms with Gasteiger partial charge in [0.05, 0.1) is 23.8 Å². The Kier molecular flexibility index (Phi) is 6.32. The molecule has 6 heteroatoms. The van der Waals surface area contributed by atoms with Crippen molar-refractivity contribution < 1.29 is 9.26 Å². The topological polar surface area (TPSA) is 64.3 Å². The van der Waals surface area contributed by atoms with Crippen LogP contribution in [0.4, 0.5) is 0 Å². The molecule has 1 aromatic carbocycles. The van der Waals surface area contributed by atoms with Crippen LogP contribution in [0.2, 0.25) is 0 Å². The maximum atomic E-state index is 5.90. The van der Waals surface area contributed by atoms with Gasteiger partial charge in [0.25, 0.3) is 0 Å². The molecule has 0 spiro atoms. The van der Waals surface area contributed by atoms with E-state index in [9.17, 15) is 0 Å². The van der Waals surface area contributed by atoms with Gasteiger partial charge in [0.2, 0.25) is 5.89 Å². The Morgan fingerprint density at radius 1 is 1.03 bits per heavy atom. The van der Waals surface area contributed by atoms with Gasteiger partial charge in [-0.25, -0.2) is 0 Å². The Morgan fingerprint density at radius 2 is 1.88 bits per heavy atom. The zero-order chi connectivity index (χ0) is 21.8. The summed E-state index contributed by atoms with van der Waals surface area (Å²) in [5.74, 6) is 1.51. The summed E-state index contributed by atoms with van der Waals surface area (Å²) in [6.07, 6.45) is 8.87. The van der Waals surface area contributed by atoms with Gasteiger partial charge in [-0.05, 0) is 50.3 Å². The number of hydrogen-bond acceptors (Lipinski definition) is 6. The molecule has 1 saturated carbocycles. The molecule has 1 aliphatic carbocycles. The van der Waals surface area contributed by atoms with E-state index in [0.29, 0.717) is 12.4 Å². The van der Waals surface area contributed by atoms with Gasteiger partial charge in [0.15, 0.2) is 5.82 Å². The van der Waals surface area contributed by atoms with E-state index in [1.807, 2.05) is 18.3 Å². The zero-order valence-corrected chi connectivity index (χ0v) is 18.9. The van der Waals surface area contributed by atoms with E-state index < -0.39 is 0 Å². The van der Waals surface area contributed by atoms with Crippen LogP contribution in [0.1, 0.15) is 67.1 Å². The van der Waals surface area contributed by atoms with Crippen molar-refractivity contribution in [2.75, 3.05) is 13.2 Å². The van der Waals surface area contributed by atoms with E-state index in [0.717, 1.165) is 56.9 Å². The Labute approximate surface area is 190 Å². The van der Waals surface area contributed by atoms with Gasteiger partial charge in [0, 0.05) is 25.9 Å². The molecule has 0 N–H and O–H groups in total. The van der Waals surface area contributed by atoms with Crippen LogP contribution in [-0.4, -0.2) is 39.3 Å². The highest BCUT2D eigenvalue weighted by atomic mass is 16.5. The Balaban J connectivity index is 1.36. The summed E-state index contributed by atoms with van der Waals surface area (Å²) in [6, 6.07) is 14.9. The normalized spacial score (nSPS) is 20.2. The third kappa shape index (κ3) is 4.62. The monoisotopic (exact) mass is 432 g/mol. The van der Waals surface area contributed by atoms with Crippen LogP contribution in [0.5, 0.6) is 0 Å². The lowest BCUT2D eigenvalue weighted by atomic mass is 9.78. The van der Waals surface area contributed by atoms with Crippen LogP contribution in [0.3, 0.4) is 0 Å². The number of ether oxygens (including phenoxy) is 1. The molecule has 2 aromatic heterocycles. The highest BCUT2D eigenvalue weighted by Gasteiger charge is 2.41. The van der Waals surface area contributed by atoms with E-state index in [-0.39, 0.29) is 11.5 Å². The summed E-state index contributed by atoms with van der Waals surface area (Å²) in [7, 11) is 0. The summed E-state index contributed by atoms with van der Waals surface area (Å²) < 4.78 is 11.7. The second-order valence-corrected chi connectivity index (χ2v) is 9.29. The fourth-order valence-electron chi connectivity index (χ4n) is 5.18. The zero-order valence-electron chi connectivity index (χ0n) is 18.9. The Bertz CT molecular complexity index is 990. The molecule has 168 valence electrons. The van der Waals surface area contributed by atoms with Gasteiger partial charge >= 0.3 is 0 Å². The highest BCUT2D eigenvalue weighted by molar-refractivity contribution is 5.35. The van der Waals surface area contributed by atoms with Gasteiger partial charge in [-0.15, -0.1) is 0 Å². The molecule has 1 aliphatic heterocycles. The van der Waals surface area contributed by atoms with Crippen molar-refractivity contribution >= 4 is 0 Å². The lowest BCUT2D eigenvalue weighted by molar-refractivity contribution is 0.0636. The van der Waals surface area contributed by atoms with Crippen molar-refractivity contribution in [3.8, 4) is 0 Å². The molecule has 0 amide bonds. The molecule has 0 radical (unpaired) electrons. The molecule has 32 heavy (non-hydrogen) atoms. The van der Waals surface area contributed by atoms with Crippen LogP contribution < -0.4 is 0 Å². The summed E-state index contributed by atoms with van der Waals surface area (Å²) in [5, 5.41) is 4.50. The van der Waals surface area contributed by atoms with Crippen LogP contribution >= 0.6 is 0 Å². The summed E-state index contributed by atoms with van der Waals surface area (Å²) in [4.78, 5) is 11.8. The molecule has 1 atom stereocenters. The van der Waals surface area contributed by atoms with Gasteiger partial charge in [-0.1, -0.05) is 53.9 Å². The summed E-state index contributed by atoms with van der Waals surface area (Å²) in [6.45, 7) is 5.17. The standard InChI is InChI=1S/C26H32N4O2/c1-20-9-11-21(12-10-20)26(13-3-4-14-26)25-28-24(32-29-25)19-30(18-23-8-6-16-31-23)17-22-7-2-5-15-27-22/h2,5,7,9-12,15,23H,3-4,6,8,13-14,16-19H2,1H3. The van der Waals surface area contributed by atoms with E-state index in [1.54, 1.807) is 0 Å². The second-order valence-electron chi connectivity index (χ2n) is 9.29. The largest absolute Gasteiger partial charge is 0.377 e. The molecule has 0 bridgehead atoms. The van der Waals surface area contributed by atoms with Gasteiger partial charge in [0.1, 0.15) is 0 Å². The number of rotatable bonds is 8. The van der Waals surface area contributed by atoms with E-state index in [1.165, 1.54) is 24.0 Å². The van der Waals surface area contributed by atoms with Gasteiger partial charge < -0.3 is 9.26 Å². The number of pyridine rings is 1. The van der Waals surface area contributed by atoms with E-state index in [4.69, 9.17) is 14.2 Å². The number of aryl methyl sites for hydroxylation is 1. The average Bonchev–Trinajstić information content (AvgIpc) is 3.58. The molecule has 1 unspecified atom stereocenters. The maximum Gasteiger partial charge on any atom is 0.240 e. The molecule has 1 saturated heterocycles. The maximum absolute atomic E-state index is 5.90. The Morgan fingerprint density at radius 3 is 2.59 bits per heavy atom. The first kappa shape index (κ1) is 21.3. The third-order valence-electron chi connectivity index (χ3n) is 6.91. The molecule has 3 heterocycles. The molecule has 3 aromatic rings. The molecule has 2 fully saturated rings. The van der Waals surface area contributed by atoms with Crippen LogP contribution in [0.15, 0.2) is 53.2 Å². The first-order chi connectivity index (χ1) is 15.7. The van der Waals surface area contributed by atoms with Crippen LogP contribution in [-0.2, 0) is 23.2 Å². The first-order valence-electron chi connectivity index (χ1n) is 11.9. The smallest absolute Gasteiger partial charge is 0.240 e. The Hall–Kier alpha value is -2.57. The van der Waals surface area contributed by atoms with Crippen LogP contribution in [0, 0.1) is 6.92 Å². The summed E-state index contributed by atoms with van der Waals surface area (Å²) in [5.41, 5.74) is 3.49. The molecular weight excluding hydrogens is 400 g/mol. The highest BCUT2D eigenvalue weighted by Crippen LogP contribution is 2.45. The average molecular weight is 433 g/mol. The number of nitrogens with zero attached hydrogens (tertiary/aromatic N) is 4. The lowest BCUT2D eigenvalue weighted by Crippen LogP contribution is -2.32. The molecular formula is C26H32N4O2. The van der Waals surface area contributed by atoms with Crippen molar-refractivity contribution in [1.82, 2.24) is 20.0 Å². The SMILES string of the molecule is Cc1ccc(C2(c3noc(CN(Cc4ccccn4)CC4CCCO4)n3)CCCC2)cc1. The van der Waals surface area contributed by atoms with Crippen molar-refractivity contribution in [2.45, 2.75) is 70.1 Å². The number of aromatic nitrogens is 3. The minimum Gasteiger partial charge on any atom is -0.377 e. The lowest BCUT2D eigenvalue weighted by Gasteiger charge is -2.26. The third-order valence-corrected chi connectivity index (χ3v) is 6.91. The predicted octanol–water partition coefficient (Wildman–Crippen LogP) is 4.81. The second kappa shape index (κ2) is 9.51. The number of hydrogen-bond donors (Lipinski definition) is 0. The molecule has 6 nitrogen and oxygen atoms in total. The minimum atomic E-state index is -0.129. The quantitative estimate of drug-likeness (QED) is 0.509. The fraction of sp³-hybridized carbons (Fsp3) is 0.500. The fourth-order valence-corrected chi connectivity index (χ4v) is 5.18. The van der Waals surface area contributed by atoms with Gasteiger partial charge in [-0.3, -0.25) is 9.88 Å². The number of benzene rings is 1.